The Bertz CT molecular complexity index is 537. The predicted octanol–water partition coefficient (Wildman–Crippen LogP) is 3.11. The molecule has 2 fully saturated rings. The lowest BCUT2D eigenvalue weighted by Crippen LogP contribution is -2.53. The Kier molecular flexibility index (Phi) is 4.18. The molecule has 2 aliphatic rings. The third-order valence-corrected chi connectivity index (χ3v) is 5.25. The summed E-state index contributed by atoms with van der Waals surface area (Å²) in [6, 6.07) is 4.71. The number of rotatable bonds is 2. The zero-order valence-electron chi connectivity index (χ0n) is 11.8. The van der Waals surface area contributed by atoms with E-state index in [9.17, 15) is 9.18 Å². The summed E-state index contributed by atoms with van der Waals surface area (Å²) in [5, 5.41) is 2.98. The van der Waals surface area contributed by atoms with E-state index in [1.54, 1.807) is 6.07 Å². The van der Waals surface area contributed by atoms with Crippen LogP contribution in [0.2, 0.25) is 5.02 Å². The predicted molar refractivity (Wildman–Crippen MR) is 80.7 cm³/mol. The summed E-state index contributed by atoms with van der Waals surface area (Å²) in [4.78, 5) is 12.4. The van der Waals surface area contributed by atoms with Crippen LogP contribution in [-0.4, -0.2) is 18.0 Å². The molecule has 0 heterocycles. The van der Waals surface area contributed by atoms with Gasteiger partial charge in [-0.15, -0.1) is 0 Å². The van der Waals surface area contributed by atoms with E-state index in [0.717, 1.165) is 25.7 Å². The van der Waals surface area contributed by atoms with Crippen LogP contribution in [-0.2, 0) is 0 Å². The van der Waals surface area contributed by atoms with Gasteiger partial charge in [-0.2, -0.15) is 0 Å². The highest BCUT2D eigenvalue weighted by Gasteiger charge is 2.40. The van der Waals surface area contributed by atoms with Gasteiger partial charge in [-0.1, -0.05) is 24.1 Å². The van der Waals surface area contributed by atoms with E-state index in [1.807, 2.05) is 0 Å². The molecule has 3 rings (SSSR count). The highest BCUT2D eigenvalue weighted by Crippen LogP contribution is 2.39. The van der Waals surface area contributed by atoms with Crippen molar-refractivity contribution in [3.05, 3.63) is 34.6 Å². The second-order valence-electron chi connectivity index (χ2n) is 6.28. The molecule has 1 aromatic carbocycles. The summed E-state index contributed by atoms with van der Waals surface area (Å²) >= 11 is 5.89. The maximum absolute atomic E-state index is 13.5. The molecule has 0 aliphatic heterocycles. The van der Waals surface area contributed by atoms with Crippen molar-refractivity contribution in [3.8, 4) is 0 Å². The van der Waals surface area contributed by atoms with Crippen LogP contribution >= 0.6 is 11.6 Å². The monoisotopic (exact) mass is 310 g/mol. The molecule has 1 amide bonds. The number of nitrogens with two attached hydrogens (primary N) is 1. The average Bonchev–Trinajstić information content (AvgIpc) is 2.42. The fourth-order valence-corrected chi connectivity index (χ4v) is 4.14. The quantitative estimate of drug-likeness (QED) is 0.882. The molecule has 0 saturated heterocycles. The second-order valence-corrected chi connectivity index (χ2v) is 6.66. The van der Waals surface area contributed by atoms with Gasteiger partial charge in [0, 0.05) is 12.1 Å². The Balaban J connectivity index is 1.77. The molecule has 2 bridgehead atoms. The van der Waals surface area contributed by atoms with Gasteiger partial charge in [0.2, 0.25) is 0 Å². The minimum Gasteiger partial charge on any atom is -0.349 e. The third kappa shape index (κ3) is 2.92. The zero-order chi connectivity index (χ0) is 15.0. The van der Waals surface area contributed by atoms with Crippen LogP contribution in [0.4, 0.5) is 4.39 Å². The molecular formula is C16H20ClFN2O. The van der Waals surface area contributed by atoms with Crippen LogP contribution in [0.3, 0.4) is 0 Å². The lowest BCUT2D eigenvalue weighted by Gasteiger charge is -2.45. The number of carbonyl (C=O) groups excluding carboxylic acids is 1. The molecule has 3 nitrogen and oxygen atoms in total. The standard InChI is InChI=1S/C16H20ClFN2O/c17-14-12(5-2-6-13(14)18)16(21)20-15-9-3-1-4-10(15)8-11(19)7-9/h2,5-6,9-11,15H,1,3-4,7-8,19H2,(H,20,21). The first-order valence-corrected chi connectivity index (χ1v) is 7.94. The topological polar surface area (TPSA) is 55.1 Å². The fourth-order valence-electron chi connectivity index (χ4n) is 3.93. The Morgan fingerprint density at radius 2 is 1.95 bits per heavy atom. The third-order valence-electron chi connectivity index (χ3n) is 4.87. The van der Waals surface area contributed by atoms with Gasteiger partial charge in [0.25, 0.3) is 5.91 Å². The molecule has 5 heteroatoms. The van der Waals surface area contributed by atoms with Gasteiger partial charge in [0.15, 0.2) is 0 Å². The maximum atomic E-state index is 13.5. The van der Waals surface area contributed by atoms with Gasteiger partial charge in [0.05, 0.1) is 10.6 Å². The highest BCUT2D eigenvalue weighted by atomic mass is 35.5. The van der Waals surface area contributed by atoms with Crippen molar-refractivity contribution in [1.29, 1.82) is 0 Å². The highest BCUT2D eigenvalue weighted by molar-refractivity contribution is 6.34. The number of carbonyl (C=O) groups is 1. The van der Waals surface area contributed by atoms with Crippen LogP contribution < -0.4 is 11.1 Å². The SMILES string of the molecule is NC1CC2CCCC(C1)C2NC(=O)c1cccc(F)c1Cl. The molecule has 2 atom stereocenters. The first-order valence-electron chi connectivity index (χ1n) is 7.56. The van der Waals surface area contributed by atoms with Crippen molar-refractivity contribution in [2.45, 2.75) is 44.2 Å². The molecule has 2 aliphatic carbocycles. The Labute approximate surface area is 129 Å². The lowest BCUT2D eigenvalue weighted by molar-refractivity contribution is 0.0756. The molecule has 114 valence electrons. The zero-order valence-corrected chi connectivity index (χ0v) is 12.6. The Hall–Kier alpha value is -1.13. The van der Waals surface area contributed by atoms with Gasteiger partial charge in [0.1, 0.15) is 5.82 Å². The van der Waals surface area contributed by atoms with E-state index in [0.29, 0.717) is 11.8 Å². The Morgan fingerprint density at radius 3 is 2.62 bits per heavy atom. The van der Waals surface area contributed by atoms with Crippen molar-refractivity contribution in [2.24, 2.45) is 17.6 Å². The molecule has 1 aromatic rings. The number of hydrogen-bond donors (Lipinski definition) is 2. The Morgan fingerprint density at radius 1 is 1.29 bits per heavy atom. The summed E-state index contributed by atoms with van der Waals surface area (Å²) < 4.78 is 13.5. The van der Waals surface area contributed by atoms with Crippen molar-refractivity contribution >= 4 is 17.5 Å². The molecule has 0 radical (unpaired) electrons. The van der Waals surface area contributed by atoms with Crippen LogP contribution in [0.5, 0.6) is 0 Å². The molecule has 0 aromatic heterocycles. The number of fused-ring (bicyclic) bond motifs is 2. The first-order chi connectivity index (χ1) is 10.1. The summed E-state index contributed by atoms with van der Waals surface area (Å²) in [6.07, 6.45) is 5.32. The van der Waals surface area contributed by atoms with E-state index >= 15 is 0 Å². The van der Waals surface area contributed by atoms with Crippen LogP contribution in [0.15, 0.2) is 18.2 Å². The van der Waals surface area contributed by atoms with Crippen LogP contribution in [0.1, 0.15) is 42.5 Å². The minimum atomic E-state index is -0.560. The number of benzene rings is 1. The number of hydrogen-bond acceptors (Lipinski definition) is 2. The molecular weight excluding hydrogens is 291 g/mol. The van der Waals surface area contributed by atoms with Crippen molar-refractivity contribution in [1.82, 2.24) is 5.32 Å². The average molecular weight is 311 g/mol. The number of amides is 1. The van der Waals surface area contributed by atoms with Gasteiger partial charge in [-0.05, 0) is 49.7 Å². The number of nitrogens with one attached hydrogen (secondary N) is 1. The molecule has 3 N–H and O–H groups in total. The maximum Gasteiger partial charge on any atom is 0.253 e. The van der Waals surface area contributed by atoms with E-state index in [4.69, 9.17) is 17.3 Å². The largest absolute Gasteiger partial charge is 0.349 e. The summed E-state index contributed by atoms with van der Waals surface area (Å²) in [5.74, 6) is 0.0274. The van der Waals surface area contributed by atoms with E-state index in [2.05, 4.69) is 5.32 Å². The fraction of sp³-hybridized carbons (Fsp3) is 0.562. The van der Waals surface area contributed by atoms with Gasteiger partial charge in [-0.25, -0.2) is 4.39 Å². The second kappa shape index (κ2) is 5.93. The van der Waals surface area contributed by atoms with Crippen LogP contribution in [0, 0.1) is 17.7 Å². The molecule has 0 spiro atoms. The molecule has 2 saturated carbocycles. The van der Waals surface area contributed by atoms with Gasteiger partial charge >= 0.3 is 0 Å². The summed E-state index contributed by atoms with van der Waals surface area (Å²) in [6.45, 7) is 0. The van der Waals surface area contributed by atoms with Gasteiger partial charge < -0.3 is 11.1 Å². The summed E-state index contributed by atoms with van der Waals surface area (Å²) in [5.41, 5.74) is 6.30. The number of halogens is 2. The smallest absolute Gasteiger partial charge is 0.253 e. The molecule has 21 heavy (non-hydrogen) atoms. The van der Waals surface area contributed by atoms with Crippen molar-refractivity contribution in [3.63, 3.8) is 0 Å². The normalized spacial score (nSPS) is 31.8. The first kappa shape index (κ1) is 14.8. The van der Waals surface area contributed by atoms with Crippen molar-refractivity contribution in [2.75, 3.05) is 0 Å². The van der Waals surface area contributed by atoms with Crippen LogP contribution in [0.25, 0.3) is 0 Å². The van der Waals surface area contributed by atoms with Gasteiger partial charge in [-0.3, -0.25) is 4.79 Å². The van der Waals surface area contributed by atoms with Crippen molar-refractivity contribution < 1.29 is 9.18 Å². The summed E-state index contributed by atoms with van der Waals surface area (Å²) in [7, 11) is 0. The lowest BCUT2D eigenvalue weighted by atomic mass is 9.67. The van der Waals surface area contributed by atoms with E-state index in [-0.39, 0.29) is 28.6 Å². The minimum absolute atomic E-state index is 0.104. The van der Waals surface area contributed by atoms with E-state index < -0.39 is 5.82 Å². The van der Waals surface area contributed by atoms with E-state index in [1.165, 1.54) is 18.6 Å². The molecule has 2 unspecified atom stereocenters.